The van der Waals surface area contributed by atoms with Crippen molar-refractivity contribution in [2.24, 2.45) is 23.7 Å². The maximum absolute atomic E-state index is 12.7. The number of rotatable bonds is 7. The molecule has 4 heteroatoms. The van der Waals surface area contributed by atoms with Gasteiger partial charge in [0.05, 0.1) is 7.11 Å². The lowest BCUT2D eigenvalue weighted by molar-refractivity contribution is -0.133. The van der Waals surface area contributed by atoms with Crippen molar-refractivity contribution in [1.29, 1.82) is 0 Å². The van der Waals surface area contributed by atoms with E-state index in [1.54, 1.807) is 7.11 Å². The molecule has 1 amide bonds. The molecule has 0 unspecified atom stereocenters. The molecule has 0 radical (unpaired) electrons. The molecule has 26 heavy (non-hydrogen) atoms. The molecule has 2 saturated carbocycles. The van der Waals surface area contributed by atoms with Crippen molar-refractivity contribution in [1.82, 2.24) is 4.90 Å². The zero-order valence-electron chi connectivity index (χ0n) is 15.7. The third-order valence-electron chi connectivity index (χ3n) is 6.46. The van der Waals surface area contributed by atoms with E-state index in [-0.39, 0.29) is 11.7 Å². The van der Waals surface area contributed by atoms with Crippen LogP contribution in [0.4, 0.5) is 0 Å². The molecule has 3 aliphatic rings. The third-order valence-corrected chi connectivity index (χ3v) is 6.46. The number of amides is 1. The van der Waals surface area contributed by atoms with Crippen LogP contribution in [0.1, 0.15) is 55.3 Å². The summed E-state index contributed by atoms with van der Waals surface area (Å²) in [5.74, 6) is 3.61. The topological polar surface area (TPSA) is 46.6 Å². The Labute approximate surface area is 155 Å². The van der Waals surface area contributed by atoms with E-state index in [0.29, 0.717) is 11.8 Å². The van der Waals surface area contributed by atoms with Crippen molar-refractivity contribution < 1.29 is 14.3 Å². The Morgan fingerprint density at radius 2 is 1.58 bits per heavy atom. The Kier molecular flexibility index (Phi) is 5.01. The monoisotopic (exact) mass is 355 g/mol. The van der Waals surface area contributed by atoms with Gasteiger partial charge < -0.3 is 9.64 Å². The second kappa shape index (κ2) is 7.42. The quantitative estimate of drug-likeness (QED) is 0.696. The van der Waals surface area contributed by atoms with E-state index >= 15 is 0 Å². The second-order valence-electron chi connectivity index (χ2n) is 8.29. The molecule has 0 aromatic heterocycles. The van der Waals surface area contributed by atoms with Crippen LogP contribution in [-0.2, 0) is 4.79 Å². The van der Waals surface area contributed by atoms with Crippen LogP contribution in [0.15, 0.2) is 24.3 Å². The van der Waals surface area contributed by atoms with Crippen LogP contribution >= 0.6 is 0 Å². The number of ketones is 1. The average molecular weight is 355 g/mol. The number of carbonyl (C=O) groups excluding carboxylic acids is 2. The molecule has 2 aliphatic carbocycles. The van der Waals surface area contributed by atoms with E-state index < -0.39 is 0 Å². The summed E-state index contributed by atoms with van der Waals surface area (Å²) in [6.45, 7) is 1.46. The van der Waals surface area contributed by atoms with Gasteiger partial charge in [-0.05, 0) is 80.5 Å². The summed E-state index contributed by atoms with van der Waals surface area (Å²) in [7, 11) is 1.63. The fourth-order valence-corrected chi connectivity index (χ4v) is 4.48. The molecule has 1 aromatic carbocycles. The van der Waals surface area contributed by atoms with Crippen LogP contribution in [0.3, 0.4) is 0 Å². The minimum absolute atomic E-state index is 0.0371. The van der Waals surface area contributed by atoms with Crippen LogP contribution in [0, 0.1) is 23.7 Å². The summed E-state index contributed by atoms with van der Waals surface area (Å²) in [5, 5.41) is 0. The van der Waals surface area contributed by atoms with E-state index in [0.717, 1.165) is 55.5 Å². The molecule has 0 atom stereocenters. The minimum Gasteiger partial charge on any atom is -0.497 e. The van der Waals surface area contributed by atoms with Gasteiger partial charge in [0.2, 0.25) is 5.91 Å². The first-order valence-corrected chi connectivity index (χ1v) is 10.1. The van der Waals surface area contributed by atoms with Gasteiger partial charge in [0.15, 0.2) is 5.78 Å². The number of hydrogen-bond acceptors (Lipinski definition) is 3. The highest BCUT2D eigenvalue weighted by Crippen LogP contribution is 2.50. The lowest BCUT2D eigenvalue weighted by Crippen LogP contribution is -2.41. The molecule has 0 N–H and O–H groups in total. The van der Waals surface area contributed by atoms with Gasteiger partial charge in [-0.3, -0.25) is 9.59 Å². The molecular weight excluding hydrogens is 326 g/mol. The maximum atomic E-state index is 12.7. The number of piperidine rings is 1. The van der Waals surface area contributed by atoms with Crippen molar-refractivity contribution >= 4 is 11.7 Å². The number of hydrogen-bond donors (Lipinski definition) is 0. The maximum Gasteiger partial charge on any atom is 0.222 e. The van der Waals surface area contributed by atoms with Gasteiger partial charge in [0.1, 0.15) is 5.75 Å². The standard InChI is InChI=1S/C22H29NO3/c1-26-19-8-6-17(7-9-19)22(25)18-10-12-23(13-11-18)21(24)14-20(15-2-3-15)16-4-5-16/h6-9,15-16,18,20H,2-5,10-14H2,1H3. The van der Waals surface area contributed by atoms with Crippen molar-refractivity contribution in [2.45, 2.75) is 44.9 Å². The molecule has 1 saturated heterocycles. The van der Waals surface area contributed by atoms with Crippen molar-refractivity contribution in [3.05, 3.63) is 29.8 Å². The van der Waals surface area contributed by atoms with Crippen LogP contribution in [0.2, 0.25) is 0 Å². The second-order valence-corrected chi connectivity index (χ2v) is 8.29. The SMILES string of the molecule is COc1ccc(C(=O)C2CCN(C(=O)CC(C3CC3)C3CC3)CC2)cc1. The zero-order valence-corrected chi connectivity index (χ0v) is 15.7. The van der Waals surface area contributed by atoms with Crippen LogP contribution in [0.5, 0.6) is 5.75 Å². The largest absolute Gasteiger partial charge is 0.497 e. The van der Waals surface area contributed by atoms with Crippen LogP contribution in [-0.4, -0.2) is 36.8 Å². The summed E-state index contributed by atoms with van der Waals surface area (Å²) in [5.41, 5.74) is 0.748. The van der Waals surface area contributed by atoms with Gasteiger partial charge in [-0.25, -0.2) is 0 Å². The molecule has 1 aliphatic heterocycles. The lowest BCUT2D eigenvalue weighted by atomic mass is 9.88. The van der Waals surface area contributed by atoms with E-state index in [1.807, 2.05) is 29.2 Å². The summed E-state index contributed by atoms with van der Waals surface area (Å²) < 4.78 is 5.15. The molecule has 1 aromatic rings. The first-order valence-electron chi connectivity index (χ1n) is 10.1. The third kappa shape index (κ3) is 3.94. The highest BCUT2D eigenvalue weighted by atomic mass is 16.5. The van der Waals surface area contributed by atoms with Crippen molar-refractivity contribution in [3.63, 3.8) is 0 Å². The molecule has 3 fully saturated rings. The van der Waals surface area contributed by atoms with E-state index in [1.165, 1.54) is 25.7 Å². The summed E-state index contributed by atoms with van der Waals surface area (Å²) in [4.78, 5) is 27.4. The van der Waals surface area contributed by atoms with Crippen LogP contribution < -0.4 is 4.74 Å². The number of ether oxygens (including phenoxy) is 1. The summed E-state index contributed by atoms with van der Waals surface area (Å²) in [6.07, 6.45) is 7.62. The first-order chi connectivity index (χ1) is 12.7. The molecule has 1 heterocycles. The Morgan fingerprint density at radius 3 is 2.08 bits per heavy atom. The molecule has 4 nitrogen and oxygen atoms in total. The number of methoxy groups -OCH3 is 1. The average Bonchev–Trinajstić information content (AvgIpc) is 3.58. The Morgan fingerprint density at radius 1 is 1.00 bits per heavy atom. The predicted molar refractivity (Wildman–Crippen MR) is 100 cm³/mol. The van der Waals surface area contributed by atoms with Crippen LogP contribution in [0.25, 0.3) is 0 Å². The summed E-state index contributed by atoms with van der Waals surface area (Å²) in [6, 6.07) is 7.35. The minimum atomic E-state index is 0.0371. The fourth-order valence-electron chi connectivity index (χ4n) is 4.48. The van der Waals surface area contributed by atoms with Gasteiger partial charge >= 0.3 is 0 Å². The number of Topliss-reactive ketones (excluding diaryl/α,β-unsaturated/α-hetero) is 1. The van der Waals surface area contributed by atoms with E-state index in [2.05, 4.69) is 0 Å². The highest BCUT2D eigenvalue weighted by Gasteiger charge is 2.43. The number of benzene rings is 1. The van der Waals surface area contributed by atoms with E-state index in [4.69, 9.17) is 4.74 Å². The first kappa shape index (κ1) is 17.6. The molecule has 4 rings (SSSR count). The number of nitrogens with zero attached hydrogens (tertiary/aromatic N) is 1. The number of likely N-dealkylation sites (tertiary alicyclic amines) is 1. The van der Waals surface area contributed by atoms with Gasteiger partial charge in [-0.1, -0.05) is 0 Å². The normalized spacial score (nSPS) is 21.1. The highest BCUT2D eigenvalue weighted by molar-refractivity contribution is 5.98. The van der Waals surface area contributed by atoms with E-state index in [9.17, 15) is 9.59 Å². The zero-order chi connectivity index (χ0) is 18.1. The van der Waals surface area contributed by atoms with Gasteiger partial charge in [0.25, 0.3) is 0 Å². The molecule has 140 valence electrons. The Bertz CT molecular complexity index is 640. The smallest absolute Gasteiger partial charge is 0.222 e. The van der Waals surface area contributed by atoms with Crippen molar-refractivity contribution in [2.75, 3.05) is 20.2 Å². The van der Waals surface area contributed by atoms with Gasteiger partial charge in [-0.15, -0.1) is 0 Å². The predicted octanol–water partition coefficient (Wildman–Crippen LogP) is 3.94. The molecular formula is C22H29NO3. The Hall–Kier alpha value is -1.84. The molecule has 0 bridgehead atoms. The Balaban J connectivity index is 1.28. The molecule has 0 spiro atoms. The fraction of sp³-hybridized carbons (Fsp3) is 0.636. The van der Waals surface area contributed by atoms with Crippen molar-refractivity contribution in [3.8, 4) is 5.75 Å². The van der Waals surface area contributed by atoms with Gasteiger partial charge in [-0.2, -0.15) is 0 Å². The van der Waals surface area contributed by atoms with Gasteiger partial charge in [0, 0.05) is 31.0 Å². The lowest BCUT2D eigenvalue weighted by Gasteiger charge is -2.32. The summed E-state index contributed by atoms with van der Waals surface area (Å²) >= 11 is 0. The number of carbonyl (C=O) groups is 2.